The van der Waals surface area contributed by atoms with Gasteiger partial charge in [0.25, 0.3) is 0 Å². The lowest BCUT2D eigenvalue weighted by atomic mass is 9.93. The Labute approximate surface area is 157 Å². The number of nitrogens with zero attached hydrogens (tertiary/aromatic N) is 4. The third-order valence-electron chi connectivity index (χ3n) is 4.07. The van der Waals surface area contributed by atoms with Gasteiger partial charge >= 0.3 is 0 Å². The number of ether oxygens (including phenoxy) is 1. The molecule has 3 heterocycles. The van der Waals surface area contributed by atoms with Crippen LogP contribution in [0.5, 0.6) is 5.88 Å². The minimum absolute atomic E-state index is 0.0999. The van der Waals surface area contributed by atoms with E-state index in [1.165, 1.54) is 20.0 Å². The Morgan fingerprint density at radius 3 is 2.41 bits per heavy atom. The monoisotopic (exact) mass is 370 g/mol. The summed E-state index contributed by atoms with van der Waals surface area (Å²) in [5, 5.41) is 4.72. The molecule has 0 radical (unpaired) electrons. The molecule has 0 aliphatic heterocycles. The number of alkyl halides is 1. The molecule has 0 fully saturated rings. The lowest BCUT2D eigenvalue weighted by Crippen LogP contribution is -2.29. The first-order chi connectivity index (χ1) is 12.6. The maximum atomic E-state index is 14.1. The number of pyridine rings is 2. The van der Waals surface area contributed by atoms with E-state index in [9.17, 15) is 4.39 Å². The molecule has 0 saturated heterocycles. The van der Waals surface area contributed by atoms with Gasteiger partial charge in [0.1, 0.15) is 11.6 Å². The van der Waals surface area contributed by atoms with Crippen molar-refractivity contribution in [3.05, 3.63) is 42.1 Å². The van der Waals surface area contributed by atoms with Crippen molar-refractivity contribution in [2.75, 3.05) is 12.4 Å². The number of nitrogens with two attached hydrogens (primary N) is 1. The molecule has 3 aromatic heterocycles. The second kappa shape index (κ2) is 6.70. The quantitative estimate of drug-likeness (QED) is 0.708. The fourth-order valence-electron chi connectivity index (χ4n) is 2.70. The van der Waals surface area contributed by atoms with Crippen molar-refractivity contribution in [1.82, 2.24) is 19.9 Å². The molecule has 142 valence electrons. The SMILES string of the molecule is COc1ncc(C(C)(C)N)c2cc(Nc3ccnc(C(C)(C)F)n3)ncc12. The minimum Gasteiger partial charge on any atom is -0.481 e. The van der Waals surface area contributed by atoms with Crippen LogP contribution >= 0.6 is 0 Å². The van der Waals surface area contributed by atoms with Gasteiger partial charge in [0, 0.05) is 24.1 Å². The summed E-state index contributed by atoms with van der Waals surface area (Å²) >= 11 is 0. The van der Waals surface area contributed by atoms with Gasteiger partial charge in [-0.2, -0.15) is 0 Å². The van der Waals surface area contributed by atoms with E-state index in [0.29, 0.717) is 17.5 Å². The van der Waals surface area contributed by atoms with Crippen LogP contribution in [0.3, 0.4) is 0 Å². The summed E-state index contributed by atoms with van der Waals surface area (Å²) in [5.74, 6) is 1.57. The molecule has 7 nitrogen and oxygen atoms in total. The molecule has 0 spiro atoms. The Morgan fingerprint density at radius 1 is 1.04 bits per heavy atom. The second-order valence-corrected chi connectivity index (χ2v) is 7.38. The highest BCUT2D eigenvalue weighted by Crippen LogP contribution is 2.32. The summed E-state index contributed by atoms with van der Waals surface area (Å²) in [6, 6.07) is 3.51. The van der Waals surface area contributed by atoms with Crippen molar-refractivity contribution < 1.29 is 9.13 Å². The molecular formula is C19H23FN6O. The lowest BCUT2D eigenvalue weighted by molar-refractivity contribution is 0.206. The zero-order valence-electron chi connectivity index (χ0n) is 16.0. The number of aromatic nitrogens is 4. The first kappa shape index (κ1) is 18.9. The van der Waals surface area contributed by atoms with Gasteiger partial charge in [-0.15, -0.1) is 0 Å². The molecule has 0 aliphatic carbocycles. The normalized spacial score (nSPS) is 12.3. The van der Waals surface area contributed by atoms with E-state index in [0.717, 1.165) is 16.3 Å². The molecule has 3 aromatic rings. The molecule has 0 aliphatic rings. The van der Waals surface area contributed by atoms with Gasteiger partial charge in [-0.25, -0.2) is 24.3 Å². The van der Waals surface area contributed by atoms with Crippen LogP contribution in [-0.2, 0) is 11.2 Å². The van der Waals surface area contributed by atoms with Crippen molar-refractivity contribution in [1.29, 1.82) is 0 Å². The molecule has 3 N–H and O–H groups in total. The number of rotatable bonds is 5. The van der Waals surface area contributed by atoms with Gasteiger partial charge in [0.2, 0.25) is 5.88 Å². The Kier molecular flexibility index (Phi) is 4.69. The van der Waals surface area contributed by atoms with Crippen LogP contribution in [-0.4, -0.2) is 27.0 Å². The van der Waals surface area contributed by atoms with Crippen LogP contribution in [0.25, 0.3) is 10.8 Å². The predicted octanol–water partition coefficient (Wildman–Crippen LogP) is 3.57. The van der Waals surface area contributed by atoms with Gasteiger partial charge < -0.3 is 15.8 Å². The van der Waals surface area contributed by atoms with E-state index in [1.54, 1.807) is 25.6 Å². The van der Waals surface area contributed by atoms with Crippen LogP contribution in [0.15, 0.2) is 30.7 Å². The Balaban J connectivity index is 2.06. The Bertz CT molecular complexity index is 978. The smallest absolute Gasteiger partial charge is 0.222 e. The van der Waals surface area contributed by atoms with Crippen LogP contribution in [0, 0.1) is 0 Å². The van der Waals surface area contributed by atoms with Crippen molar-refractivity contribution in [3.63, 3.8) is 0 Å². The summed E-state index contributed by atoms with van der Waals surface area (Å²) in [6.07, 6.45) is 4.88. The number of fused-ring (bicyclic) bond motifs is 1. The number of hydrogen-bond acceptors (Lipinski definition) is 7. The number of hydrogen-bond donors (Lipinski definition) is 2. The first-order valence-corrected chi connectivity index (χ1v) is 8.51. The summed E-state index contributed by atoms with van der Waals surface area (Å²) in [6.45, 7) is 6.64. The number of nitrogens with one attached hydrogen (secondary N) is 1. The Morgan fingerprint density at radius 2 is 1.78 bits per heavy atom. The molecule has 27 heavy (non-hydrogen) atoms. The summed E-state index contributed by atoms with van der Waals surface area (Å²) < 4.78 is 19.4. The lowest BCUT2D eigenvalue weighted by Gasteiger charge is -2.22. The zero-order chi connectivity index (χ0) is 19.8. The van der Waals surface area contributed by atoms with Gasteiger partial charge in [-0.05, 0) is 50.8 Å². The van der Waals surface area contributed by atoms with Crippen LogP contribution in [0.1, 0.15) is 39.1 Å². The fourth-order valence-corrected chi connectivity index (χ4v) is 2.70. The summed E-state index contributed by atoms with van der Waals surface area (Å²) in [7, 11) is 1.56. The van der Waals surface area contributed by atoms with Gasteiger partial charge in [0.05, 0.1) is 12.5 Å². The predicted molar refractivity (Wildman–Crippen MR) is 103 cm³/mol. The molecule has 0 atom stereocenters. The molecular weight excluding hydrogens is 347 g/mol. The maximum absolute atomic E-state index is 14.1. The molecule has 3 rings (SSSR count). The van der Waals surface area contributed by atoms with Crippen molar-refractivity contribution >= 4 is 22.4 Å². The summed E-state index contributed by atoms with van der Waals surface area (Å²) in [5.41, 5.74) is 4.92. The number of methoxy groups -OCH3 is 1. The molecule has 8 heteroatoms. The molecule has 0 amide bonds. The van der Waals surface area contributed by atoms with E-state index in [4.69, 9.17) is 10.5 Å². The standard InChI is InChI=1S/C19H23FN6O/c1-18(2,20)17-22-7-6-14(26-17)25-15-8-11-12(9-23-15)16(27-5)24-10-13(11)19(3,4)21/h6-10H,21H2,1-5H3,(H,22,23,25,26). The van der Waals surface area contributed by atoms with E-state index < -0.39 is 11.2 Å². The average molecular weight is 370 g/mol. The highest BCUT2D eigenvalue weighted by atomic mass is 19.1. The number of halogens is 1. The fraction of sp³-hybridized carbons (Fsp3) is 0.368. The van der Waals surface area contributed by atoms with Crippen LogP contribution < -0.4 is 15.8 Å². The molecule has 0 saturated carbocycles. The van der Waals surface area contributed by atoms with Gasteiger partial charge in [-0.3, -0.25) is 0 Å². The average Bonchev–Trinajstić information content (AvgIpc) is 2.59. The van der Waals surface area contributed by atoms with Gasteiger partial charge in [-0.1, -0.05) is 0 Å². The minimum atomic E-state index is -1.63. The van der Waals surface area contributed by atoms with Crippen LogP contribution in [0.4, 0.5) is 16.0 Å². The number of anilines is 2. The Hall–Kier alpha value is -2.87. The van der Waals surface area contributed by atoms with E-state index >= 15 is 0 Å². The van der Waals surface area contributed by atoms with E-state index in [-0.39, 0.29) is 5.82 Å². The van der Waals surface area contributed by atoms with Crippen molar-refractivity contribution in [2.45, 2.75) is 38.9 Å². The van der Waals surface area contributed by atoms with Crippen molar-refractivity contribution in [2.24, 2.45) is 5.73 Å². The second-order valence-electron chi connectivity index (χ2n) is 7.38. The highest BCUT2D eigenvalue weighted by Gasteiger charge is 2.23. The third kappa shape index (κ3) is 3.95. The third-order valence-corrected chi connectivity index (χ3v) is 4.07. The van der Waals surface area contributed by atoms with E-state index in [1.807, 2.05) is 19.9 Å². The summed E-state index contributed by atoms with van der Waals surface area (Å²) in [4.78, 5) is 16.9. The topological polar surface area (TPSA) is 98.8 Å². The van der Waals surface area contributed by atoms with E-state index in [2.05, 4.69) is 25.3 Å². The largest absolute Gasteiger partial charge is 0.481 e. The zero-order valence-corrected chi connectivity index (χ0v) is 16.0. The highest BCUT2D eigenvalue weighted by molar-refractivity contribution is 5.91. The van der Waals surface area contributed by atoms with Gasteiger partial charge in [0.15, 0.2) is 11.5 Å². The molecule has 0 bridgehead atoms. The maximum Gasteiger partial charge on any atom is 0.222 e. The van der Waals surface area contributed by atoms with Crippen molar-refractivity contribution in [3.8, 4) is 5.88 Å². The molecule has 0 unspecified atom stereocenters. The van der Waals surface area contributed by atoms with Crippen LogP contribution in [0.2, 0.25) is 0 Å². The molecule has 0 aromatic carbocycles. The first-order valence-electron chi connectivity index (χ1n) is 8.51.